The number of nitrogens with zero attached hydrogens (tertiary/aromatic N) is 1. The second-order valence-corrected chi connectivity index (χ2v) is 3.19. The lowest BCUT2D eigenvalue weighted by atomic mass is 10.2. The van der Waals surface area contributed by atoms with E-state index in [0.29, 0.717) is 12.3 Å². The molecule has 0 atom stereocenters. The van der Waals surface area contributed by atoms with Crippen LogP contribution in [0.3, 0.4) is 0 Å². The predicted molar refractivity (Wildman–Crippen MR) is 61.5 cm³/mol. The molecule has 0 aliphatic rings. The largest absolute Gasteiger partial charge is 0.465 e. The zero-order valence-corrected chi connectivity index (χ0v) is 9.41. The van der Waals surface area contributed by atoms with Gasteiger partial charge < -0.3 is 10.5 Å². The number of aromatic nitrogens is 1. The number of carbonyl (C=O) groups excluding carboxylic acids is 1. The van der Waals surface area contributed by atoms with Crippen LogP contribution < -0.4 is 5.73 Å². The zero-order valence-electron chi connectivity index (χ0n) is 9.41. The summed E-state index contributed by atoms with van der Waals surface area (Å²) in [5.74, 6) is 5.27. The van der Waals surface area contributed by atoms with E-state index in [1.165, 1.54) is 0 Å². The number of pyridine rings is 1. The third-order valence-electron chi connectivity index (χ3n) is 1.87. The van der Waals surface area contributed by atoms with Crippen LogP contribution >= 0.6 is 0 Å². The van der Waals surface area contributed by atoms with E-state index in [-0.39, 0.29) is 12.4 Å². The number of hydrogen-bond acceptors (Lipinski definition) is 4. The second-order valence-electron chi connectivity index (χ2n) is 3.19. The molecule has 0 aliphatic heterocycles. The Morgan fingerprint density at radius 2 is 2.38 bits per heavy atom. The Labute approximate surface area is 94.8 Å². The van der Waals surface area contributed by atoms with Crippen LogP contribution in [0.1, 0.15) is 24.6 Å². The van der Waals surface area contributed by atoms with Crippen molar-refractivity contribution in [1.82, 2.24) is 4.98 Å². The van der Waals surface area contributed by atoms with Crippen LogP contribution in [-0.4, -0.2) is 17.6 Å². The highest BCUT2D eigenvalue weighted by Crippen LogP contribution is 2.07. The minimum Gasteiger partial charge on any atom is -0.465 e. The van der Waals surface area contributed by atoms with E-state index in [9.17, 15) is 4.79 Å². The quantitative estimate of drug-likeness (QED) is 0.599. The summed E-state index contributed by atoms with van der Waals surface area (Å²) in [4.78, 5) is 15.1. The SMILES string of the molecule is CCOC(=O)CC#Cc1cc(N)cnc1C. The predicted octanol–water partition coefficient (Wildman–Crippen LogP) is 1.28. The van der Waals surface area contributed by atoms with Crippen LogP contribution in [0.15, 0.2) is 12.3 Å². The fourth-order valence-electron chi connectivity index (χ4n) is 1.10. The summed E-state index contributed by atoms with van der Waals surface area (Å²) in [6.07, 6.45) is 1.66. The van der Waals surface area contributed by atoms with Gasteiger partial charge in [0.2, 0.25) is 0 Å². The van der Waals surface area contributed by atoms with E-state index in [2.05, 4.69) is 16.8 Å². The number of anilines is 1. The summed E-state index contributed by atoms with van der Waals surface area (Å²) in [5, 5.41) is 0. The molecule has 1 aromatic heterocycles. The number of hydrogen-bond donors (Lipinski definition) is 1. The number of carbonyl (C=O) groups is 1. The van der Waals surface area contributed by atoms with Gasteiger partial charge in [-0.05, 0) is 19.9 Å². The van der Waals surface area contributed by atoms with Crippen LogP contribution in [0.25, 0.3) is 0 Å². The fraction of sp³-hybridized carbons (Fsp3) is 0.333. The molecule has 0 aliphatic carbocycles. The molecule has 0 unspecified atom stereocenters. The average molecular weight is 218 g/mol. The van der Waals surface area contributed by atoms with Crippen molar-refractivity contribution in [2.45, 2.75) is 20.3 Å². The first kappa shape index (κ1) is 12.1. The zero-order chi connectivity index (χ0) is 12.0. The molecule has 0 radical (unpaired) electrons. The average Bonchev–Trinajstić information content (AvgIpc) is 2.23. The summed E-state index contributed by atoms with van der Waals surface area (Å²) >= 11 is 0. The number of nitrogen functional groups attached to an aromatic ring is 1. The van der Waals surface area contributed by atoms with E-state index in [1.54, 1.807) is 19.2 Å². The molecule has 4 heteroatoms. The molecular weight excluding hydrogens is 204 g/mol. The Morgan fingerprint density at radius 3 is 3.06 bits per heavy atom. The Hall–Kier alpha value is -2.02. The van der Waals surface area contributed by atoms with E-state index in [1.807, 2.05) is 6.92 Å². The Kier molecular flexibility index (Phi) is 4.34. The molecule has 2 N–H and O–H groups in total. The van der Waals surface area contributed by atoms with E-state index < -0.39 is 0 Å². The highest BCUT2D eigenvalue weighted by Gasteiger charge is 1.98. The monoisotopic (exact) mass is 218 g/mol. The van der Waals surface area contributed by atoms with Crippen molar-refractivity contribution < 1.29 is 9.53 Å². The summed E-state index contributed by atoms with van der Waals surface area (Å²) in [5.41, 5.74) is 7.68. The molecule has 1 rings (SSSR count). The molecule has 0 saturated heterocycles. The number of rotatable bonds is 2. The Bertz CT molecular complexity index is 444. The van der Waals surface area contributed by atoms with Crippen molar-refractivity contribution in [3.8, 4) is 11.8 Å². The molecule has 0 fully saturated rings. The first-order chi connectivity index (χ1) is 7.63. The third-order valence-corrected chi connectivity index (χ3v) is 1.87. The minimum absolute atomic E-state index is 0.0854. The first-order valence-electron chi connectivity index (χ1n) is 5.00. The molecule has 0 amide bonds. The maximum absolute atomic E-state index is 11.0. The van der Waals surface area contributed by atoms with Gasteiger partial charge in [0.1, 0.15) is 6.42 Å². The third kappa shape index (κ3) is 3.62. The van der Waals surface area contributed by atoms with Gasteiger partial charge in [0.05, 0.1) is 24.2 Å². The molecule has 1 heterocycles. The number of nitrogens with two attached hydrogens (primary N) is 1. The fourth-order valence-corrected chi connectivity index (χ4v) is 1.10. The molecule has 16 heavy (non-hydrogen) atoms. The maximum Gasteiger partial charge on any atom is 0.317 e. The molecule has 1 aromatic rings. The van der Waals surface area contributed by atoms with Gasteiger partial charge in [0.25, 0.3) is 0 Å². The molecule has 0 saturated carbocycles. The summed E-state index contributed by atoms with van der Waals surface area (Å²) in [7, 11) is 0. The van der Waals surface area contributed by atoms with Crippen LogP contribution in [-0.2, 0) is 9.53 Å². The van der Waals surface area contributed by atoms with Crippen molar-refractivity contribution in [2.24, 2.45) is 0 Å². The maximum atomic E-state index is 11.0. The topological polar surface area (TPSA) is 65.2 Å². The summed E-state index contributed by atoms with van der Waals surface area (Å²) < 4.78 is 4.75. The lowest BCUT2D eigenvalue weighted by Gasteiger charge is -1.98. The van der Waals surface area contributed by atoms with Crippen molar-refractivity contribution >= 4 is 11.7 Å². The van der Waals surface area contributed by atoms with Gasteiger partial charge in [0.15, 0.2) is 0 Å². The van der Waals surface area contributed by atoms with Gasteiger partial charge in [-0.15, -0.1) is 0 Å². The van der Waals surface area contributed by atoms with Crippen LogP contribution in [0.2, 0.25) is 0 Å². The van der Waals surface area contributed by atoms with Gasteiger partial charge in [-0.2, -0.15) is 0 Å². The highest BCUT2D eigenvalue weighted by molar-refractivity contribution is 5.72. The minimum atomic E-state index is -0.315. The normalized spacial score (nSPS) is 9.12. The van der Waals surface area contributed by atoms with E-state index >= 15 is 0 Å². The number of ether oxygens (including phenoxy) is 1. The van der Waals surface area contributed by atoms with Gasteiger partial charge in [-0.3, -0.25) is 9.78 Å². The summed E-state index contributed by atoms with van der Waals surface area (Å²) in [6.45, 7) is 3.98. The number of esters is 1. The van der Waals surface area contributed by atoms with Gasteiger partial charge >= 0.3 is 5.97 Å². The highest BCUT2D eigenvalue weighted by atomic mass is 16.5. The van der Waals surface area contributed by atoms with Crippen LogP contribution in [0.5, 0.6) is 0 Å². The number of aryl methyl sites for hydroxylation is 1. The van der Waals surface area contributed by atoms with Gasteiger partial charge in [-0.1, -0.05) is 11.8 Å². The van der Waals surface area contributed by atoms with Crippen molar-refractivity contribution in [3.05, 3.63) is 23.5 Å². The molecular formula is C12H14N2O2. The van der Waals surface area contributed by atoms with E-state index in [4.69, 9.17) is 10.5 Å². The summed E-state index contributed by atoms with van der Waals surface area (Å²) in [6, 6.07) is 1.74. The lowest BCUT2D eigenvalue weighted by molar-refractivity contribution is -0.141. The standard InChI is InChI=1S/C12H14N2O2/c1-3-16-12(15)6-4-5-10-7-11(13)8-14-9(10)2/h7-8H,3,6,13H2,1-2H3. The molecule has 4 nitrogen and oxygen atoms in total. The van der Waals surface area contributed by atoms with Crippen molar-refractivity contribution in [2.75, 3.05) is 12.3 Å². The van der Waals surface area contributed by atoms with Gasteiger partial charge in [0, 0.05) is 5.56 Å². The molecule has 0 aromatic carbocycles. The Balaban J connectivity index is 2.69. The van der Waals surface area contributed by atoms with Crippen LogP contribution in [0, 0.1) is 18.8 Å². The van der Waals surface area contributed by atoms with E-state index in [0.717, 1.165) is 11.3 Å². The first-order valence-corrected chi connectivity index (χ1v) is 5.00. The lowest BCUT2D eigenvalue weighted by Crippen LogP contribution is -2.01. The van der Waals surface area contributed by atoms with Crippen LogP contribution in [0.4, 0.5) is 5.69 Å². The van der Waals surface area contributed by atoms with Gasteiger partial charge in [-0.25, -0.2) is 0 Å². The van der Waals surface area contributed by atoms with Crippen molar-refractivity contribution in [3.63, 3.8) is 0 Å². The molecule has 0 bridgehead atoms. The molecule has 84 valence electrons. The smallest absolute Gasteiger partial charge is 0.317 e. The molecule has 0 spiro atoms. The Morgan fingerprint density at radius 1 is 1.62 bits per heavy atom. The second kappa shape index (κ2) is 5.76. The van der Waals surface area contributed by atoms with Crippen molar-refractivity contribution in [1.29, 1.82) is 0 Å².